The number of ether oxygens (including phenoxy) is 2. The Labute approximate surface area is 184 Å². The molecule has 30 heavy (non-hydrogen) atoms. The van der Waals surface area contributed by atoms with Gasteiger partial charge in [0.15, 0.2) is 11.6 Å². The van der Waals surface area contributed by atoms with Crippen molar-refractivity contribution in [3.63, 3.8) is 0 Å². The molecule has 5 rings (SSSR count). The van der Waals surface area contributed by atoms with Crippen LogP contribution in [0.4, 0.5) is 11.6 Å². The van der Waals surface area contributed by atoms with Crippen LogP contribution in [0.5, 0.6) is 0 Å². The van der Waals surface area contributed by atoms with Crippen LogP contribution >= 0.6 is 15.9 Å². The quantitative estimate of drug-likeness (QED) is 0.580. The Morgan fingerprint density at radius 3 is 2.60 bits per heavy atom. The molecule has 2 aliphatic rings. The molecule has 0 saturated carbocycles. The summed E-state index contributed by atoms with van der Waals surface area (Å²) >= 11 is 3.83. The number of imidazole rings is 1. The second kappa shape index (κ2) is 8.13. The minimum absolute atomic E-state index is 0.130. The van der Waals surface area contributed by atoms with Crippen molar-refractivity contribution in [2.24, 2.45) is 0 Å². The van der Waals surface area contributed by atoms with Crippen LogP contribution in [-0.2, 0) is 9.47 Å². The zero-order valence-electron chi connectivity index (χ0n) is 17.2. The van der Waals surface area contributed by atoms with Crippen LogP contribution in [0.15, 0.2) is 35.1 Å². The molecule has 9 heteroatoms. The number of hydrogen-bond donors (Lipinski definition) is 0. The number of anilines is 2. The van der Waals surface area contributed by atoms with Gasteiger partial charge < -0.3 is 19.3 Å². The zero-order valence-corrected chi connectivity index (χ0v) is 18.7. The molecule has 4 heterocycles. The third kappa shape index (κ3) is 3.44. The Morgan fingerprint density at radius 2 is 1.77 bits per heavy atom. The molecular weight excluding hydrogens is 448 g/mol. The zero-order chi connectivity index (χ0) is 20.7. The number of halogens is 1. The van der Waals surface area contributed by atoms with E-state index in [0.717, 1.165) is 46.8 Å². The fourth-order valence-corrected chi connectivity index (χ4v) is 4.70. The molecule has 2 aromatic heterocycles. The van der Waals surface area contributed by atoms with Gasteiger partial charge in [0, 0.05) is 19.6 Å². The third-order valence-corrected chi connectivity index (χ3v) is 6.65. The third-order valence-electron chi connectivity index (χ3n) is 5.94. The van der Waals surface area contributed by atoms with Crippen molar-refractivity contribution < 1.29 is 9.47 Å². The van der Waals surface area contributed by atoms with Crippen molar-refractivity contribution in [2.45, 2.75) is 26.0 Å². The number of rotatable bonds is 3. The van der Waals surface area contributed by atoms with Crippen LogP contribution in [0.2, 0.25) is 0 Å². The number of nitrogens with zero attached hydrogens (tertiary/aromatic N) is 6. The van der Waals surface area contributed by atoms with Crippen molar-refractivity contribution in [3.05, 3.63) is 35.1 Å². The topological polar surface area (TPSA) is 68.5 Å². The van der Waals surface area contributed by atoms with Gasteiger partial charge in [0.05, 0.1) is 43.0 Å². The van der Waals surface area contributed by atoms with Gasteiger partial charge in [-0.15, -0.1) is 0 Å². The summed E-state index contributed by atoms with van der Waals surface area (Å²) in [6.07, 6.45) is 1.93. The number of hydrogen-bond acceptors (Lipinski definition) is 7. The predicted molar refractivity (Wildman–Crippen MR) is 120 cm³/mol. The van der Waals surface area contributed by atoms with E-state index in [1.165, 1.54) is 0 Å². The summed E-state index contributed by atoms with van der Waals surface area (Å²) in [5.74, 6) is 2.40. The smallest absolute Gasteiger partial charge is 0.239 e. The van der Waals surface area contributed by atoms with Crippen LogP contribution < -0.4 is 9.80 Å². The Balaban J connectivity index is 1.67. The van der Waals surface area contributed by atoms with Crippen molar-refractivity contribution in [1.29, 1.82) is 0 Å². The maximum Gasteiger partial charge on any atom is 0.239 e. The Morgan fingerprint density at radius 1 is 1.00 bits per heavy atom. The number of aromatic nitrogens is 4. The minimum atomic E-state index is 0.130. The van der Waals surface area contributed by atoms with Gasteiger partial charge in [-0.05, 0) is 41.9 Å². The summed E-state index contributed by atoms with van der Waals surface area (Å²) in [5.41, 5.74) is 1.91. The van der Waals surface area contributed by atoms with Crippen molar-refractivity contribution >= 4 is 38.6 Å². The first-order valence-electron chi connectivity index (χ1n) is 10.3. The Kier molecular flexibility index (Phi) is 5.34. The summed E-state index contributed by atoms with van der Waals surface area (Å²) in [6, 6.07) is 8.25. The van der Waals surface area contributed by atoms with Crippen LogP contribution in [0.3, 0.4) is 0 Å². The van der Waals surface area contributed by atoms with Crippen molar-refractivity contribution in [3.8, 4) is 5.95 Å². The number of benzene rings is 1. The van der Waals surface area contributed by atoms with Crippen molar-refractivity contribution in [2.75, 3.05) is 49.3 Å². The lowest BCUT2D eigenvalue weighted by Gasteiger charge is -2.39. The highest BCUT2D eigenvalue weighted by Gasteiger charge is 2.31. The lowest BCUT2D eigenvalue weighted by molar-refractivity contribution is 0.0280. The standard InChI is InChI=1S/C21H25BrN6O2/c1-14-15(2)30-12-9-27(14)20-18(22)19(26-7-10-29-11-8-26)24-21(25-20)28-13-23-16-5-3-4-6-17(16)28/h3-6,13-15H,7-12H2,1-2H3/t14-,15-/m0/s1. The summed E-state index contributed by atoms with van der Waals surface area (Å²) in [4.78, 5) is 19.1. The van der Waals surface area contributed by atoms with Crippen LogP contribution in [-0.4, -0.2) is 71.1 Å². The van der Waals surface area contributed by atoms with Crippen LogP contribution in [0.25, 0.3) is 17.0 Å². The molecule has 0 aliphatic carbocycles. The molecule has 0 spiro atoms. The lowest BCUT2D eigenvalue weighted by atomic mass is 10.1. The van der Waals surface area contributed by atoms with Gasteiger partial charge in [-0.2, -0.15) is 9.97 Å². The molecule has 0 unspecified atom stereocenters. The second-order valence-electron chi connectivity index (χ2n) is 7.70. The van der Waals surface area contributed by atoms with Crippen molar-refractivity contribution in [1.82, 2.24) is 19.5 Å². The first-order chi connectivity index (χ1) is 14.6. The molecule has 0 N–H and O–H groups in total. The summed E-state index contributed by atoms with van der Waals surface area (Å²) < 4.78 is 14.3. The van der Waals surface area contributed by atoms with E-state index in [1.807, 2.05) is 28.8 Å². The summed E-state index contributed by atoms with van der Waals surface area (Å²) in [5, 5.41) is 0. The highest BCUT2D eigenvalue weighted by molar-refractivity contribution is 9.10. The second-order valence-corrected chi connectivity index (χ2v) is 8.49. The normalized spacial score (nSPS) is 22.6. The minimum Gasteiger partial charge on any atom is -0.378 e. The van der Waals surface area contributed by atoms with E-state index in [0.29, 0.717) is 25.8 Å². The molecule has 2 atom stereocenters. The molecule has 8 nitrogen and oxygen atoms in total. The largest absolute Gasteiger partial charge is 0.378 e. The fraction of sp³-hybridized carbons (Fsp3) is 0.476. The molecule has 2 saturated heterocycles. The van der Waals surface area contributed by atoms with Gasteiger partial charge in [0.2, 0.25) is 5.95 Å². The van der Waals surface area contributed by atoms with Gasteiger partial charge >= 0.3 is 0 Å². The molecular formula is C21H25BrN6O2. The molecule has 2 fully saturated rings. The average molecular weight is 473 g/mol. The molecule has 158 valence electrons. The molecule has 0 bridgehead atoms. The van der Waals surface area contributed by atoms with E-state index in [9.17, 15) is 0 Å². The van der Waals surface area contributed by atoms with E-state index < -0.39 is 0 Å². The van der Waals surface area contributed by atoms with Gasteiger partial charge in [-0.25, -0.2) is 4.98 Å². The van der Waals surface area contributed by atoms with Gasteiger partial charge in [-0.3, -0.25) is 4.57 Å². The molecule has 2 aliphatic heterocycles. The lowest BCUT2D eigenvalue weighted by Crippen LogP contribution is -2.49. The summed E-state index contributed by atoms with van der Waals surface area (Å²) in [7, 11) is 0. The van der Waals surface area contributed by atoms with E-state index in [-0.39, 0.29) is 12.1 Å². The molecule has 1 aromatic carbocycles. The fourth-order valence-electron chi connectivity index (χ4n) is 4.05. The van der Waals surface area contributed by atoms with E-state index in [4.69, 9.17) is 19.4 Å². The van der Waals surface area contributed by atoms with E-state index >= 15 is 0 Å². The molecule has 0 radical (unpaired) electrons. The Bertz CT molecular complexity index is 1050. The SMILES string of the molecule is C[C@@H]1OCCN(c2nc(-n3cnc4ccccc43)nc(N3CCOCC3)c2Br)[C@H]1C. The van der Waals surface area contributed by atoms with Crippen LogP contribution in [0.1, 0.15) is 13.8 Å². The Hall–Kier alpha value is -2.23. The maximum absolute atomic E-state index is 5.85. The number of fused-ring (bicyclic) bond motifs is 1. The summed E-state index contributed by atoms with van der Waals surface area (Å²) in [6.45, 7) is 8.74. The monoisotopic (exact) mass is 472 g/mol. The number of morpholine rings is 2. The first-order valence-corrected chi connectivity index (χ1v) is 11.1. The van der Waals surface area contributed by atoms with Gasteiger partial charge in [0.1, 0.15) is 10.8 Å². The van der Waals surface area contributed by atoms with Crippen LogP contribution in [0, 0.1) is 0 Å². The highest BCUT2D eigenvalue weighted by atomic mass is 79.9. The predicted octanol–water partition coefficient (Wildman–Crippen LogP) is 3.03. The maximum atomic E-state index is 5.85. The van der Waals surface area contributed by atoms with E-state index in [2.05, 4.69) is 44.6 Å². The van der Waals surface area contributed by atoms with Gasteiger partial charge in [-0.1, -0.05) is 12.1 Å². The average Bonchev–Trinajstić information content (AvgIpc) is 3.21. The van der Waals surface area contributed by atoms with E-state index in [1.54, 1.807) is 6.33 Å². The van der Waals surface area contributed by atoms with Gasteiger partial charge in [0.25, 0.3) is 0 Å². The molecule has 0 amide bonds. The molecule has 3 aromatic rings. The highest BCUT2D eigenvalue weighted by Crippen LogP contribution is 2.36. The first kappa shape index (κ1) is 19.7. The number of para-hydroxylation sites is 2.